The van der Waals surface area contributed by atoms with E-state index in [2.05, 4.69) is 18.9 Å². The third-order valence-electron chi connectivity index (χ3n) is 4.47. The standard InChI is InChI=1S/C16H26N2O/c1-12(18(2)14-6-4-3-5-7-14)10-13-8-9-16(19)15(17)11-13/h8-9,11-12,14,19H,3-7,10,17H2,1-2H3. The molecule has 1 aromatic carbocycles. The van der Waals surface area contributed by atoms with E-state index in [-0.39, 0.29) is 5.75 Å². The quantitative estimate of drug-likeness (QED) is 0.647. The average molecular weight is 262 g/mol. The second-order valence-corrected chi connectivity index (χ2v) is 5.90. The molecule has 1 unspecified atom stereocenters. The first kappa shape index (κ1) is 14.2. The smallest absolute Gasteiger partial charge is 0.138 e. The van der Waals surface area contributed by atoms with Crippen LogP contribution in [0.15, 0.2) is 18.2 Å². The first-order valence-corrected chi connectivity index (χ1v) is 7.37. The summed E-state index contributed by atoms with van der Waals surface area (Å²) < 4.78 is 0. The van der Waals surface area contributed by atoms with Gasteiger partial charge in [-0.15, -0.1) is 0 Å². The molecule has 3 N–H and O–H groups in total. The molecule has 0 heterocycles. The fourth-order valence-electron chi connectivity index (χ4n) is 3.06. The van der Waals surface area contributed by atoms with Crippen LogP contribution in [0.2, 0.25) is 0 Å². The van der Waals surface area contributed by atoms with Crippen LogP contribution in [0.4, 0.5) is 5.69 Å². The SMILES string of the molecule is CC(Cc1ccc(O)c(N)c1)N(C)C1CCCCC1. The van der Waals surface area contributed by atoms with Gasteiger partial charge in [0.15, 0.2) is 0 Å². The molecule has 0 aromatic heterocycles. The molecule has 1 aliphatic carbocycles. The van der Waals surface area contributed by atoms with Gasteiger partial charge in [-0.1, -0.05) is 25.3 Å². The molecular formula is C16H26N2O. The molecule has 0 amide bonds. The van der Waals surface area contributed by atoms with Gasteiger partial charge in [-0.05, 0) is 50.9 Å². The zero-order valence-corrected chi connectivity index (χ0v) is 12.1. The zero-order valence-electron chi connectivity index (χ0n) is 12.1. The van der Waals surface area contributed by atoms with E-state index in [1.807, 2.05) is 12.1 Å². The van der Waals surface area contributed by atoms with E-state index in [0.717, 1.165) is 12.5 Å². The van der Waals surface area contributed by atoms with Crippen LogP contribution in [-0.4, -0.2) is 29.1 Å². The van der Waals surface area contributed by atoms with Gasteiger partial charge in [0.25, 0.3) is 0 Å². The first-order valence-electron chi connectivity index (χ1n) is 7.37. The van der Waals surface area contributed by atoms with E-state index in [1.165, 1.54) is 37.7 Å². The maximum Gasteiger partial charge on any atom is 0.138 e. The third-order valence-corrected chi connectivity index (χ3v) is 4.47. The summed E-state index contributed by atoms with van der Waals surface area (Å²) in [5, 5.41) is 9.46. The van der Waals surface area contributed by atoms with Crippen LogP contribution in [0.3, 0.4) is 0 Å². The largest absolute Gasteiger partial charge is 0.506 e. The maximum absolute atomic E-state index is 9.46. The number of likely N-dealkylation sites (N-methyl/N-ethyl adjacent to an activating group) is 1. The number of hydrogen-bond acceptors (Lipinski definition) is 3. The molecule has 1 fully saturated rings. The number of benzene rings is 1. The fourth-order valence-corrected chi connectivity index (χ4v) is 3.06. The van der Waals surface area contributed by atoms with Crippen LogP contribution in [0.25, 0.3) is 0 Å². The van der Waals surface area contributed by atoms with Gasteiger partial charge in [0, 0.05) is 12.1 Å². The molecule has 0 saturated heterocycles. The Kier molecular flexibility index (Phi) is 4.70. The van der Waals surface area contributed by atoms with Crippen molar-refractivity contribution in [2.24, 2.45) is 0 Å². The number of nitrogens with zero attached hydrogens (tertiary/aromatic N) is 1. The van der Waals surface area contributed by atoms with Crippen molar-refractivity contribution in [1.82, 2.24) is 4.90 Å². The Labute approximate surface area is 116 Å². The summed E-state index contributed by atoms with van der Waals surface area (Å²) in [6.45, 7) is 2.28. The number of phenols is 1. The highest BCUT2D eigenvalue weighted by Crippen LogP contribution is 2.25. The number of hydrogen-bond donors (Lipinski definition) is 2. The van der Waals surface area contributed by atoms with E-state index in [1.54, 1.807) is 6.07 Å². The van der Waals surface area contributed by atoms with Crippen molar-refractivity contribution in [2.45, 2.75) is 57.5 Å². The highest BCUT2D eigenvalue weighted by molar-refractivity contribution is 5.53. The summed E-state index contributed by atoms with van der Waals surface area (Å²) in [4.78, 5) is 2.52. The molecule has 1 aliphatic rings. The molecule has 0 radical (unpaired) electrons. The lowest BCUT2D eigenvalue weighted by Gasteiger charge is -2.35. The predicted octanol–water partition coefficient (Wildman–Crippen LogP) is 3.17. The average Bonchev–Trinajstić information content (AvgIpc) is 2.43. The van der Waals surface area contributed by atoms with Gasteiger partial charge >= 0.3 is 0 Å². The lowest BCUT2D eigenvalue weighted by atomic mass is 9.93. The first-order chi connectivity index (χ1) is 9.08. The van der Waals surface area contributed by atoms with Gasteiger partial charge in [0.2, 0.25) is 0 Å². The van der Waals surface area contributed by atoms with Crippen LogP contribution in [0, 0.1) is 0 Å². The Hall–Kier alpha value is -1.22. The number of rotatable bonds is 4. The van der Waals surface area contributed by atoms with Crippen LogP contribution in [0.5, 0.6) is 5.75 Å². The monoisotopic (exact) mass is 262 g/mol. The Morgan fingerprint density at radius 1 is 1.32 bits per heavy atom. The summed E-state index contributed by atoms with van der Waals surface area (Å²) in [6.07, 6.45) is 7.78. The van der Waals surface area contributed by atoms with Gasteiger partial charge in [0.05, 0.1) is 5.69 Å². The molecule has 3 nitrogen and oxygen atoms in total. The zero-order chi connectivity index (χ0) is 13.8. The van der Waals surface area contributed by atoms with Crippen LogP contribution >= 0.6 is 0 Å². The highest BCUT2D eigenvalue weighted by atomic mass is 16.3. The number of aromatic hydroxyl groups is 1. The molecule has 2 rings (SSSR count). The van der Waals surface area contributed by atoms with Crippen molar-refractivity contribution in [3.05, 3.63) is 23.8 Å². The number of nitrogens with two attached hydrogens (primary N) is 1. The summed E-state index contributed by atoms with van der Waals surface area (Å²) in [6, 6.07) is 6.79. The fraction of sp³-hybridized carbons (Fsp3) is 0.625. The Morgan fingerprint density at radius 3 is 2.63 bits per heavy atom. The molecule has 0 bridgehead atoms. The van der Waals surface area contributed by atoms with Crippen molar-refractivity contribution in [2.75, 3.05) is 12.8 Å². The Balaban J connectivity index is 1.95. The second kappa shape index (κ2) is 6.29. The van der Waals surface area contributed by atoms with Gasteiger partial charge in [-0.2, -0.15) is 0 Å². The normalized spacial score (nSPS) is 18.7. The molecule has 3 heteroatoms. The maximum atomic E-state index is 9.46. The van der Waals surface area contributed by atoms with E-state index in [9.17, 15) is 5.11 Å². The van der Waals surface area contributed by atoms with E-state index < -0.39 is 0 Å². The summed E-state index contributed by atoms with van der Waals surface area (Å²) >= 11 is 0. The molecular weight excluding hydrogens is 236 g/mol. The minimum absolute atomic E-state index is 0.178. The third kappa shape index (κ3) is 3.63. The number of nitrogen functional groups attached to an aromatic ring is 1. The van der Waals surface area contributed by atoms with E-state index in [4.69, 9.17) is 5.73 Å². The lowest BCUT2D eigenvalue weighted by Crippen LogP contribution is -2.40. The van der Waals surface area contributed by atoms with Crippen LogP contribution in [0.1, 0.15) is 44.6 Å². The Bertz CT molecular complexity index is 413. The molecule has 19 heavy (non-hydrogen) atoms. The minimum Gasteiger partial charge on any atom is -0.506 e. The topological polar surface area (TPSA) is 49.5 Å². The highest BCUT2D eigenvalue weighted by Gasteiger charge is 2.22. The lowest BCUT2D eigenvalue weighted by molar-refractivity contribution is 0.145. The molecule has 1 aromatic rings. The summed E-state index contributed by atoms with van der Waals surface area (Å²) in [7, 11) is 2.24. The van der Waals surface area contributed by atoms with Crippen molar-refractivity contribution >= 4 is 5.69 Å². The van der Waals surface area contributed by atoms with Crippen molar-refractivity contribution in [3.8, 4) is 5.75 Å². The number of anilines is 1. The molecule has 106 valence electrons. The molecule has 0 aliphatic heterocycles. The minimum atomic E-state index is 0.178. The Morgan fingerprint density at radius 2 is 2.00 bits per heavy atom. The van der Waals surface area contributed by atoms with E-state index >= 15 is 0 Å². The number of phenolic OH excluding ortho intramolecular Hbond substituents is 1. The molecule has 1 saturated carbocycles. The molecule has 1 atom stereocenters. The summed E-state index contributed by atoms with van der Waals surface area (Å²) in [5.74, 6) is 0.178. The summed E-state index contributed by atoms with van der Waals surface area (Å²) in [5.41, 5.74) is 7.43. The van der Waals surface area contributed by atoms with E-state index in [0.29, 0.717) is 11.7 Å². The van der Waals surface area contributed by atoms with Crippen molar-refractivity contribution in [3.63, 3.8) is 0 Å². The van der Waals surface area contributed by atoms with Gasteiger partial charge < -0.3 is 15.7 Å². The van der Waals surface area contributed by atoms with Crippen molar-refractivity contribution in [1.29, 1.82) is 0 Å². The van der Waals surface area contributed by atoms with Crippen LogP contribution < -0.4 is 5.73 Å². The van der Waals surface area contributed by atoms with Gasteiger partial charge in [-0.25, -0.2) is 0 Å². The van der Waals surface area contributed by atoms with Crippen molar-refractivity contribution < 1.29 is 5.11 Å². The van der Waals surface area contributed by atoms with Gasteiger partial charge in [-0.3, -0.25) is 0 Å². The van der Waals surface area contributed by atoms with Crippen LogP contribution in [-0.2, 0) is 6.42 Å². The van der Waals surface area contributed by atoms with Gasteiger partial charge in [0.1, 0.15) is 5.75 Å². The predicted molar refractivity (Wildman–Crippen MR) is 80.3 cm³/mol. The molecule has 0 spiro atoms. The second-order valence-electron chi connectivity index (χ2n) is 5.90.